The number of carbonyl (C=O) groups excluding carboxylic acids is 1. The third kappa shape index (κ3) is 5.30. The lowest BCUT2D eigenvalue weighted by Crippen LogP contribution is -2.50. The molecule has 2 heterocycles. The largest absolute Gasteiger partial charge is 0.493 e. The number of nitrogens with one attached hydrogen (secondary N) is 2. The van der Waals surface area contributed by atoms with Crippen molar-refractivity contribution in [2.75, 3.05) is 37.0 Å². The number of carbonyl (C=O) groups is 1. The van der Waals surface area contributed by atoms with Gasteiger partial charge in [-0.15, -0.1) is 0 Å². The Morgan fingerprint density at radius 2 is 1.94 bits per heavy atom. The molecule has 172 valence electrons. The predicted octanol–water partition coefficient (Wildman–Crippen LogP) is 3.51. The average Bonchev–Trinajstić information content (AvgIpc) is 2.77. The van der Waals surface area contributed by atoms with Crippen LogP contribution in [0.3, 0.4) is 0 Å². The maximum absolute atomic E-state index is 13.1. The minimum Gasteiger partial charge on any atom is -0.493 e. The van der Waals surface area contributed by atoms with Crippen molar-refractivity contribution >= 4 is 23.5 Å². The summed E-state index contributed by atoms with van der Waals surface area (Å²) in [6.07, 6.45) is -3.09. The second-order valence-corrected chi connectivity index (χ2v) is 7.47. The van der Waals surface area contributed by atoms with E-state index in [1.807, 2.05) is 4.90 Å². The van der Waals surface area contributed by atoms with Gasteiger partial charge in [0.2, 0.25) is 11.9 Å². The molecule has 0 bridgehead atoms. The molecule has 0 unspecified atom stereocenters. The monoisotopic (exact) mass is 458 g/mol. The first-order valence-electron chi connectivity index (χ1n) is 10.2. The van der Waals surface area contributed by atoms with Crippen LogP contribution >= 0.6 is 0 Å². The molecule has 0 aliphatic carbocycles. The van der Waals surface area contributed by atoms with E-state index < -0.39 is 11.7 Å². The molecule has 33 heavy (non-hydrogen) atoms. The van der Waals surface area contributed by atoms with Gasteiger partial charge >= 0.3 is 6.18 Å². The Bertz CT molecular complexity index is 1130. The molecular weight excluding hydrogens is 437 g/mol. The Morgan fingerprint density at radius 3 is 2.70 bits per heavy atom. The predicted molar refractivity (Wildman–Crippen MR) is 116 cm³/mol. The standard InChI is InChI=1S/C22H21F3N6O2/c1-26-19(32)15-5-4-6-16(9-15)29-20-27-13-28-21(30-20)31-10-14(11-31)12-33-18-8-3-2-7-17(18)22(23,24)25/h2-9,13-14H,10-12H2,1H3,(H,26,32)(H,27,28,29,30). The lowest BCUT2D eigenvalue weighted by Gasteiger charge is -2.39. The van der Waals surface area contributed by atoms with Crippen molar-refractivity contribution in [1.29, 1.82) is 0 Å². The summed E-state index contributed by atoms with van der Waals surface area (Å²) in [6, 6.07) is 12.1. The fourth-order valence-corrected chi connectivity index (χ4v) is 3.38. The van der Waals surface area contributed by atoms with Crippen LogP contribution in [0.2, 0.25) is 0 Å². The first kappa shape index (κ1) is 22.3. The molecule has 2 N–H and O–H groups in total. The van der Waals surface area contributed by atoms with Crippen LogP contribution in [0.1, 0.15) is 15.9 Å². The van der Waals surface area contributed by atoms with Crippen LogP contribution in [-0.2, 0) is 6.18 Å². The zero-order valence-corrected chi connectivity index (χ0v) is 17.6. The van der Waals surface area contributed by atoms with Crippen LogP contribution in [0.25, 0.3) is 0 Å². The SMILES string of the molecule is CNC(=O)c1cccc(Nc2ncnc(N3CC(COc4ccccc4C(F)(F)F)C3)n2)c1. The highest BCUT2D eigenvalue weighted by Gasteiger charge is 2.35. The van der Waals surface area contributed by atoms with Gasteiger partial charge in [0.05, 0.1) is 12.2 Å². The number of hydrogen-bond donors (Lipinski definition) is 2. The third-order valence-electron chi connectivity index (χ3n) is 5.07. The quantitative estimate of drug-likeness (QED) is 0.560. The van der Waals surface area contributed by atoms with Crippen molar-refractivity contribution in [2.24, 2.45) is 5.92 Å². The highest BCUT2D eigenvalue weighted by molar-refractivity contribution is 5.95. The van der Waals surface area contributed by atoms with Gasteiger partial charge in [-0.1, -0.05) is 18.2 Å². The van der Waals surface area contributed by atoms with E-state index in [0.717, 1.165) is 6.07 Å². The van der Waals surface area contributed by atoms with Crippen molar-refractivity contribution in [2.45, 2.75) is 6.18 Å². The van der Waals surface area contributed by atoms with E-state index in [-0.39, 0.29) is 24.2 Å². The van der Waals surface area contributed by atoms with Gasteiger partial charge in [-0.2, -0.15) is 18.2 Å². The van der Waals surface area contributed by atoms with Gasteiger partial charge in [0.1, 0.15) is 12.1 Å². The van der Waals surface area contributed by atoms with Crippen molar-refractivity contribution in [3.63, 3.8) is 0 Å². The normalized spacial score (nSPS) is 13.9. The van der Waals surface area contributed by atoms with Gasteiger partial charge in [-0.25, -0.2) is 9.97 Å². The van der Waals surface area contributed by atoms with E-state index in [1.165, 1.54) is 24.5 Å². The van der Waals surface area contributed by atoms with Gasteiger partial charge in [0.15, 0.2) is 0 Å². The molecule has 1 aliphatic heterocycles. The van der Waals surface area contributed by atoms with E-state index in [2.05, 4.69) is 25.6 Å². The number of alkyl halides is 3. The number of ether oxygens (including phenoxy) is 1. The molecule has 1 aromatic heterocycles. The van der Waals surface area contributed by atoms with Crippen molar-refractivity contribution in [3.8, 4) is 5.75 Å². The maximum atomic E-state index is 13.1. The van der Waals surface area contributed by atoms with Crippen molar-refractivity contribution in [3.05, 3.63) is 66.0 Å². The van der Waals surface area contributed by atoms with Gasteiger partial charge in [0.25, 0.3) is 5.91 Å². The zero-order chi connectivity index (χ0) is 23.4. The molecule has 1 fully saturated rings. The van der Waals surface area contributed by atoms with Crippen LogP contribution in [-0.4, -0.2) is 47.6 Å². The second-order valence-electron chi connectivity index (χ2n) is 7.47. The van der Waals surface area contributed by atoms with Crippen LogP contribution < -0.4 is 20.3 Å². The van der Waals surface area contributed by atoms with Crippen LogP contribution in [0, 0.1) is 5.92 Å². The number of aromatic nitrogens is 3. The molecule has 1 amide bonds. The van der Waals surface area contributed by atoms with E-state index in [9.17, 15) is 18.0 Å². The number of para-hydroxylation sites is 1. The minimum atomic E-state index is -4.46. The summed E-state index contributed by atoms with van der Waals surface area (Å²) < 4.78 is 44.7. The van der Waals surface area contributed by atoms with Crippen LogP contribution in [0.5, 0.6) is 5.75 Å². The Kier molecular flexibility index (Phi) is 6.29. The van der Waals surface area contributed by atoms with Gasteiger partial charge in [-0.3, -0.25) is 4.79 Å². The Hall–Kier alpha value is -3.89. The Morgan fingerprint density at radius 1 is 1.15 bits per heavy atom. The molecule has 11 heteroatoms. The van der Waals surface area contributed by atoms with E-state index in [1.54, 1.807) is 31.3 Å². The number of nitrogens with zero attached hydrogens (tertiary/aromatic N) is 4. The van der Waals surface area contributed by atoms with Crippen LogP contribution in [0.15, 0.2) is 54.9 Å². The number of hydrogen-bond acceptors (Lipinski definition) is 7. The summed E-state index contributed by atoms with van der Waals surface area (Å²) in [6.45, 7) is 1.25. The second kappa shape index (κ2) is 9.31. The van der Waals surface area contributed by atoms with E-state index in [4.69, 9.17) is 4.74 Å². The molecule has 0 saturated carbocycles. The summed E-state index contributed by atoms with van der Waals surface area (Å²) >= 11 is 0. The number of halogens is 3. The Labute approximate surface area is 187 Å². The molecule has 2 aromatic carbocycles. The van der Waals surface area contributed by atoms with Crippen molar-refractivity contribution < 1.29 is 22.7 Å². The molecule has 0 spiro atoms. The molecule has 1 aliphatic rings. The smallest absolute Gasteiger partial charge is 0.419 e. The number of anilines is 3. The average molecular weight is 458 g/mol. The number of rotatable bonds is 7. The third-order valence-corrected chi connectivity index (χ3v) is 5.07. The molecular formula is C22H21F3N6O2. The summed E-state index contributed by atoms with van der Waals surface area (Å²) in [5.41, 5.74) is 0.357. The van der Waals surface area contributed by atoms with Gasteiger partial charge in [-0.05, 0) is 30.3 Å². The summed E-state index contributed by atoms with van der Waals surface area (Å²) in [5.74, 6) is 0.425. The molecule has 0 radical (unpaired) electrons. The molecule has 8 nitrogen and oxygen atoms in total. The minimum absolute atomic E-state index is 0.0451. The van der Waals surface area contributed by atoms with Gasteiger partial charge in [0, 0.05) is 37.3 Å². The number of benzene rings is 2. The lowest BCUT2D eigenvalue weighted by atomic mass is 10.0. The van der Waals surface area contributed by atoms with E-state index >= 15 is 0 Å². The fraction of sp³-hybridized carbons (Fsp3) is 0.273. The summed E-state index contributed by atoms with van der Waals surface area (Å²) in [4.78, 5) is 26.3. The molecule has 1 saturated heterocycles. The first-order chi connectivity index (χ1) is 15.8. The topological polar surface area (TPSA) is 92.3 Å². The Balaban J connectivity index is 1.34. The molecule has 0 atom stereocenters. The van der Waals surface area contributed by atoms with Crippen LogP contribution in [0.4, 0.5) is 30.8 Å². The number of amides is 1. The van der Waals surface area contributed by atoms with E-state index in [0.29, 0.717) is 36.2 Å². The highest BCUT2D eigenvalue weighted by Crippen LogP contribution is 2.36. The maximum Gasteiger partial charge on any atom is 0.419 e. The highest BCUT2D eigenvalue weighted by atomic mass is 19.4. The van der Waals surface area contributed by atoms with Gasteiger partial charge < -0.3 is 20.3 Å². The first-order valence-corrected chi connectivity index (χ1v) is 10.2. The molecule has 3 aromatic rings. The lowest BCUT2D eigenvalue weighted by molar-refractivity contribution is -0.139. The summed E-state index contributed by atoms with van der Waals surface area (Å²) in [5, 5.41) is 5.61. The zero-order valence-electron chi connectivity index (χ0n) is 17.6. The van der Waals surface area contributed by atoms with Crippen molar-refractivity contribution in [1.82, 2.24) is 20.3 Å². The molecule has 4 rings (SSSR count). The fourth-order valence-electron chi connectivity index (χ4n) is 3.38. The summed E-state index contributed by atoms with van der Waals surface area (Å²) in [7, 11) is 1.56.